The lowest BCUT2D eigenvalue weighted by molar-refractivity contribution is -0.0257. The monoisotopic (exact) mass is 219 g/mol. The first-order valence-corrected chi connectivity index (χ1v) is 5.67. The van der Waals surface area contributed by atoms with Gasteiger partial charge in [-0.1, -0.05) is 13.8 Å². The van der Waals surface area contributed by atoms with E-state index < -0.39 is 0 Å². The molecule has 2 N–H and O–H groups in total. The Bertz CT molecular complexity index is 131. The summed E-state index contributed by atoms with van der Waals surface area (Å²) in [7, 11) is 0. The van der Waals surface area contributed by atoms with E-state index in [-0.39, 0.29) is 6.10 Å². The molecule has 0 spiro atoms. The van der Waals surface area contributed by atoms with Crippen molar-refractivity contribution >= 4 is 0 Å². The summed E-state index contributed by atoms with van der Waals surface area (Å²) in [6, 6.07) is 0. The van der Waals surface area contributed by atoms with Gasteiger partial charge in [0.05, 0.1) is 25.9 Å². The van der Waals surface area contributed by atoms with Gasteiger partial charge >= 0.3 is 0 Å². The first-order valence-electron chi connectivity index (χ1n) is 5.67. The zero-order valence-corrected chi connectivity index (χ0v) is 10.2. The molecule has 0 aliphatic heterocycles. The number of nitrogens with two attached hydrogens (primary N) is 1. The maximum Gasteiger partial charge on any atom is 0.0930 e. The van der Waals surface area contributed by atoms with E-state index in [0.29, 0.717) is 38.9 Å². The molecule has 4 heteroatoms. The highest BCUT2D eigenvalue weighted by Gasteiger charge is 2.05. The second kappa shape index (κ2) is 10.4. The van der Waals surface area contributed by atoms with Gasteiger partial charge in [0.1, 0.15) is 0 Å². The van der Waals surface area contributed by atoms with Crippen LogP contribution in [0.25, 0.3) is 0 Å². The average molecular weight is 219 g/mol. The van der Waals surface area contributed by atoms with Crippen molar-refractivity contribution < 1.29 is 14.2 Å². The zero-order chi connectivity index (χ0) is 11.5. The van der Waals surface area contributed by atoms with E-state index in [2.05, 4.69) is 13.8 Å². The van der Waals surface area contributed by atoms with Crippen LogP contribution in [-0.4, -0.2) is 45.7 Å². The van der Waals surface area contributed by atoms with Crippen LogP contribution in [0.2, 0.25) is 0 Å². The highest BCUT2D eigenvalue weighted by atomic mass is 16.5. The van der Waals surface area contributed by atoms with Gasteiger partial charge in [0.15, 0.2) is 0 Å². The van der Waals surface area contributed by atoms with Crippen molar-refractivity contribution in [2.45, 2.75) is 26.9 Å². The first kappa shape index (κ1) is 14.8. The van der Waals surface area contributed by atoms with E-state index in [1.165, 1.54) is 0 Å². The van der Waals surface area contributed by atoms with Crippen molar-refractivity contribution in [3.63, 3.8) is 0 Å². The van der Waals surface area contributed by atoms with Gasteiger partial charge in [-0.25, -0.2) is 0 Å². The highest BCUT2D eigenvalue weighted by molar-refractivity contribution is 4.56. The van der Waals surface area contributed by atoms with E-state index in [4.69, 9.17) is 19.9 Å². The summed E-state index contributed by atoms with van der Waals surface area (Å²) >= 11 is 0. The van der Waals surface area contributed by atoms with Crippen molar-refractivity contribution in [2.75, 3.05) is 39.6 Å². The van der Waals surface area contributed by atoms with E-state index in [0.717, 1.165) is 6.61 Å². The molecule has 0 radical (unpaired) electrons. The van der Waals surface area contributed by atoms with Crippen LogP contribution in [0.1, 0.15) is 20.8 Å². The molecular formula is C11H25NO3. The van der Waals surface area contributed by atoms with Crippen LogP contribution in [0.4, 0.5) is 0 Å². The van der Waals surface area contributed by atoms with Gasteiger partial charge in [-0.05, 0) is 12.8 Å². The van der Waals surface area contributed by atoms with E-state index in [9.17, 15) is 0 Å². The van der Waals surface area contributed by atoms with Crippen LogP contribution < -0.4 is 5.73 Å². The molecule has 92 valence electrons. The Morgan fingerprint density at radius 2 is 1.67 bits per heavy atom. The molecule has 0 bridgehead atoms. The smallest absolute Gasteiger partial charge is 0.0930 e. The SMILES string of the molecule is CCOC(CN)COCCOCC(C)C. The maximum absolute atomic E-state index is 5.50. The summed E-state index contributed by atoms with van der Waals surface area (Å²) in [5.41, 5.74) is 5.50. The van der Waals surface area contributed by atoms with Crippen LogP contribution >= 0.6 is 0 Å². The molecule has 1 atom stereocenters. The number of ether oxygens (including phenoxy) is 3. The van der Waals surface area contributed by atoms with Gasteiger partial charge in [0.2, 0.25) is 0 Å². The Balaban J connectivity index is 3.21. The summed E-state index contributed by atoms with van der Waals surface area (Å²) in [6.45, 7) is 9.97. The fourth-order valence-electron chi connectivity index (χ4n) is 1.07. The quantitative estimate of drug-likeness (QED) is 0.558. The molecule has 0 aliphatic rings. The van der Waals surface area contributed by atoms with Gasteiger partial charge in [-0.15, -0.1) is 0 Å². The molecule has 0 heterocycles. The Kier molecular flexibility index (Phi) is 10.3. The molecule has 0 aliphatic carbocycles. The predicted molar refractivity (Wildman–Crippen MR) is 60.9 cm³/mol. The molecule has 1 unspecified atom stereocenters. The third-order valence-electron chi connectivity index (χ3n) is 1.79. The fraction of sp³-hybridized carbons (Fsp3) is 1.00. The van der Waals surface area contributed by atoms with Gasteiger partial charge in [0, 0.05) is 19.8 Å². The second-order valence-corrected chi connectivity index (χ2v) is 3.86. The number of hydrogen-bond acceptors (Lipinski definition) is 4. The minimum absolute atomic E-state index is 0.0140. The Labute approximate surface area is 93.1 Å². The Morgan fingerprint density at radius 3 is 2.13 bits per heavy atom. The molecule has 0 saturated heterocycles. The van der Waals surface area contributed by atoms with Crippen LogP contribution in [0.15, 0.2) is 0 Å². The third-order valence-corrected chi connectivity index (χ3v) is 1.79. The molecule has 0 amide bonds. The number of rotatable bonds is 10. The van der Waals surface area contributed by atoms with Crippen LogP contribution in [0.3, 0.4) is 0 Å². The standard InChI is InChI=1S/C11H25NO3/c1-4-15-11(7-12)9-14-6-5-13-8-10(2)3/h10-11H,4-9,12H2,1-3H3. The van der Waals surface area contributed by atoms with Crippen molar-refractivity contribution in [2.24, 2.45) is 11.7 Å². The molecule has 15 heavy (non-hydrogen) atoms. The zero-order valence-electron chi connectivity index (χ0n) is 10.2. The van der Waals surface area contributed by atoms with Crippen LogP contribution in [0, 0.1) is 5.92 Å². The summed E-state index contributed by atoms with van der Waals surface area (Å²) in [6.07, 6.45) is 0.0140. The van der Waals surface area contributed by atoms with Gasteiger partial charge in [-0.3, -0.25) is 0 Å². The van der Waals surface area contributed by atoms with Crippen LogP contribution in [0.5, 0.6) is 0 Å². The topological polar surface area (TPSA) is 53.7 Å². The Hall–Kier alpha value is -0.160. The van der Waals surface area contributed by atoms with Crippen molar-refractivity contribution in [1.29, 1.82) is 0 Å². The van der Waals surface area contributed by atoms with Gasteiger partial charge in [0.25, 0.3) is 0 Å². The molecule has 0 aromatic rings. The molecule has 0 rings (SSSR count). The van der Waals surface area contributed by atoms with Crippen LogP contribution in [-0.2, 0) is 14.2 Å². The predicted octanol–water partition coefficient (Wildman–Crippen LogP) is 1.04. The van der Waals surface area contributed by atoms with Gasteiger partial charge in [-0.2, -0.15) is 0 Å². The molecule has 0 aromatic carbocycles. The average Bonchev–Trinajstić information content (AvgIpc) is 2.21. The lowest BCUT2D eigenvalue weighted by atomic mass is 10.2. The normalized spacial score (nSPS) is 13.4. The largest absolute Gasteiger partial charge is 0.379 e. The molecule has 0 saturated carbocycles. The molecule has 4 nitrogen and oxygen atoms in total. The summed E-state index contributed by atoms with van der Waals surface area (Å²) in [4.78, 5) is 0. The highest BCUT2D eigenvalue weighted by Crippen LogP contribution is 1.94. The summed E-state index contributed by atoms with van der Waals surface area (Å²) < 4.78 is 16.1. The molecule has 0 aromatic heterocycles. The lowest BCUT2D eigenvalue weighted by Gasteiger charge is -2.15. The molecular weight excluding hydrogens is 194 g/mol. The second-order valence-electron chi connectivity index (χ2n) is 3.86. The molecule has 0 fully saturated rings. The third kappa shape index (κ3) is 10.1. The maximum atomic E-state index is 5.50. The van der Waals surface area contributed by atoms with E-state index in [1.54, 1.807) is 0 Å². The van der Waals surface area contributed by atoms with E-state index >= 15 is 0 Å². The number of hydrogen-bond donors (Lipinski definition) is 1. The summed E-state index contributed by atoms with van der Waals surface area (Å²) in [5.74, 6) is 0.574. The minimum Gasteiger partial charge on any atom is -0.379 e. The van der Waals surface area contributed by atoms with Crippen molar-refractivity contribution in [3.8, 4) is 0 Å². The summed E-state index contributed by atoms with van der Waals surface area (Å²) in [5, 5.41) is 0. The van der Waals surface area contributed by atoms with Crippen molar-refractivity contribution in [3.05, 3.63) is 0 Å². The Morgan fingerprint density at radius 1 is 1.07 bits per heavy atom. The lowest BCUT2D eigenvalue weighted by Crippen LogP contribution is -2.29. The van der Waals surface area contributed by atoms with Gasteiger partial charge < -0.3 is 19.9 Å². The first-order chi connectivity index (χ1) is 7.20. The van der Waals surface area contributed by atoms with Crippen molar-refractivity contribution in [1.82, 2.24) is 0 Å². The minimum atomic E-state index is 0.0140. The fourth-order valence-corrected chi connectivity index (χ4v) is 1.07. The van der Waals surface area contributed by atoms with E-state index in [1.807, 2.05) is 6.92 Å².